The molecule has 0 rings (SSSR count). The minimum Gasteiger partial charge on any atom is -0.462 e. The third-order valence-electron chi connectivity index (χ3n) is 18.8. The van der Waals surface area contributed by atoms with E-state index in [9.17, 15) is 43.2 Å². The van der Waals surface area contributed by atoms with Crippen LogP contribution >= 0.6 is 15.6 Å². The quantitative estimate of drug-likeness (QED) is 0.0222. The first kappa shape index (κ1) is 97.1. The molecule has 0 bridgehead atoms. The van der Waals surface area contributed by atoms with Crippen molar-refractivity contribution in [1.82, 2.24) is 0 Å². The summed E-state index contributed by atoms with van der Waals surface area (Å²) in [4.78, 5) is 72.9. The molecule has 0 heterocycles. The molecule has 17 nitrogen and oxygen atoms in total. The van der Waals surface area contributed by atoms with E-state index in [1.54, 1.807) is 0 Å². The molecule has 0 spiro atoms. The van der Waals surface area contributed by atoms with Gasteiger partial charge in [-0.2, -0.15) is 0 Å². The second kappa shape index (κ2) is 73.0. The smallest absolute Gasteiger partial charge is 0.462 e. The van der Waals surface area contributed by atoms with E-state index < -0.39 is 97.5 Å². The summed E-state index contributed by atoms with van der Waals surface area (Å²) >= 11 is 0. The number of carbonyl (C=O) groups excluding carboxylic acids is 4. The second-order valence-corrected chi connectivity index (χ2v) is 32.2. The Morgan fingerprint density at radius 3 is 0.687 bits per heavy atom. The highest BCUT2D eigenvalue weighted by molar-refractivity contribution is 7.47. The van der Waals surface area contributed by atoms with Gasteiger partial charge in [-0.15, -0.1) is 0 Å². The van der Waals surface area contributed by atoms with Gasteiger partial charge in [0, 0.05) is 25.7 Å². The van der Waals surface area contributed by atoms with Crippen molar-refractivity contribution >= 4 is 39.5 Å². The van der Waals surface area contributed by atoms with E-state index in [1.165, 1.54) is 250 Å². The molecule has 0 aliphatic carbocycles. The molecule has 0 aromatic heterocycles. The molecule has 0 aliphatic rings. The zero-order valence-corrected chi connectivity index (χ0v) is 66.4. The molecule has 0 aromatic carbocycles. The number of esters is 4. The Morgan fingerprint density at radius 2 is 0.465 bits per heavy atom. The lowest BCUT2D eigenvalue weighted by molar-refractivity contribution is -0.161. The van der Waals surface area contributed by atoms with Crippen LogP contribution in [0.4, 0.5) is 0 Å². The van der Waals surface area contributed by atoms with E-state index >= 15 is 0 Å². The summed E-state index contributed by atoms with van der Waals surface area (Å²) in [5.41, 5.74) is 0. The van der Waals surface area contributed by atoms with Crippen molar-refractivity contribution in [3.63, 3.8) is 0 Å². The topological polar surface area (TPSA) is 237 Å². The molecular weight excluding hydrogens is 1290 g/mol. The van der Waals surface area contributed by atoms with Gasteiger partial charge in [-0.25, -0.2) is 9.13 Å². The van der Waals surface area contributed by atoms with Gasteiger partial charge in [-0.3, -0.25) is 37.3 Å². The van der Waals surface area contributed by atoms with E-state index in [-0.39, 0.29) is 25.7 Å². The van der Waals surface area contributed by atoms with Crippen LogP contribution in [0.2, 0.25) is 0 Å². The average molecular weight is 1450 g/mol. The van der Waals surface area contributed by atoms with Crippen LogP contribution in [0.1, 0.15) is 426 Å². The Morgan fingerprint density at radius 1 is 0.273 bits per heavy atom. The SMILES string of the molecule is CCCCCCCCCCCCCCCCCCCCCCCC(=O)O[C@H](COC(=O)CCCCCCCCCCCCCCCCCCC)COP(=O)(O)OC[C@@H](O)COP(=O)(O)OC[C@@H](COC(=O)CCCCCCCCCCCC)OC(=O)CCCCCCCCCCC(C)C. The van der Waals surface area contributed by atoms with E-state index in [4.69, 9.17) is 37.0 Å². The number of hydrogen-bond acceptors (Lipinski definition) is 15. The number of phosphoric ester groups is 2. The Labute approximate surface area is 607 Å². The number of aliphatic hydroxyl groups excluding tert-OH is 1. The van der Waals surface area contributed by atoms with Crippen molar-refractivity contribution in [2.75, 3.05) is 39.6 Å². The van der Waals surface area contributed by atoms with Crippen LogP contribution in [0.25, 0.3) is 0 Å². The van der Waals surface area contributed by atoms with Gasteiger partial charge in [0.15, 0.2) is 12.2 Å². The van der Waals surface area contributed by atoms with E-state index in [0.717, 1.165) is 95.8 Å². The number of phosphoric acid groups is 2. The number of ether oxygens (including phenoxy) is 4. The summed E-state index contributed by atoms with van der Waals surface area (Å²) in [6, 6.07) is 0. The summed E-state index contributed by atoms with van der Waals surface area (Å²) in [5, 5.41) is 10.6. The predicted octanol–water partition coefficient (Wildman–Crippen LogP) is 24.0. The zero-order chi connectivity index (χ0) is 72.7. The first-order chi connectivity index (χ1) is 48.0. The number of hydrogen-bond donors (Lipinski definition) is 3. The fraction of sp³-hybridized carbons (Fsp3) is 0.950. The highest BCUT2D eigenvalue weighted by Gasteiger charge is 2.30. The van der Waals surface area contributed by atoms with Crippen molar-refractivity contribution in [2.24, 2.45) is 5.92 Å². The molecule has 3 N–H and O–H groups in total. The molecule has 99 heavy (non-hydrogen) atoms. The van der Waals surface area contributed by atoms with Gasteiger partial charge < -0.3 is 33.8 Å². The number of unbranched alkanes of at least 4 members (excludes halogenated alkanes) is 52. The van der Waals surface area contributed by atoms with E-state index in [1.807, 2.05) is 0 Å². The number of aliphatic hydroxyl groups is 1. The molecule has 0 fully saturated rings. The fourth-order valence-corrected chi connectivity index (χ4v) is 14.0. The Balaban J connectivity index is 5.20. The molecule has 588 valence electrons. The van der Waals surface area contributed by atoms with Gasteiger partial charge in [0.2, 0.25) is 0 Å². The van der Waals surface area contributed by atoms with Crippen LogP contribution in [0, 0.1) is 5.92 Å². The fourth-order valence-electron chi connectivity index (χ4n) is 12.4. The normalized spacial score (nSPS) is 13.9. The average Bonchev–Trinajstić information content (AvgIpc) is 1.11. The molecule has 0 aliphatic heterocycles. The lowest BCUT2D eigenvalue weighted by Crippen LogP contribution is -2.30. The predicted molar refractivity (Wildman–Crippen MR) is 405 cm³/mol. The van der Waals surface area contributed by atoms with Crippen LogP contribution in [0.15, 0.2) is 0 Å². The third kappa shape index (κ3) is 74.1. The van der Waals surface area contributed by atoms with Crippen molar-refractivity contribution in [1.29, 1.82) is 0 Å². The highest BCUT2D eigenvalue weighted by atomic mass is 31.2. The second-order valence-electron chi connectivity index (χ2n) is 29.3. The maximum Gasteiger partial charge on any atom is 0.472 e. The van der Waals surface area contributed by atoms with Gasteiger partial charge in [-0.1, -0.05) is 375 Å². The van der Waals surface area contributed by atoms with Crippen molar-refractivity contribution in [2.45, 2.75) is 445 Å². The Bertz CT molecular complexity index is 1890. The van der Waals surface area contributed by atoms with Gasteiger partial charge in [0.1, 0.15) is 19.3 Å². The highest BCUT2D eigenvalue weighted by Crippen LogP contribution is 2.45. The van der Waals surface area contributed by atoms with Gasteiger partial charge >= 0.3 is 39.5 Å². The van der Waals surface area contributed by atoms with Crippen LogP contribution in [0.5, 0.6) is 0 Å². The van der Waals surface area contributed by atoms with Crippen LogP contribution in [0.3, 0.4) is 0 Å². The summed E-state index contributed by atoms with van der Waals surface area (Å²) in [5.74, 6) is -1.39. The van der Waals surface area contributed by atoms with Crippen LogP contribution in [-0.2, 0) is 65.4 Å². The maximum atomic E-state index is 13.1. The van der Waals surface area contributed by atoms with Crippen LogP contribution < -0.4 is 0 Å². The largest absolute Gasteiger partial charge is 0.472 e. The lowest BCUT2D eigenvalue weighted by Gasteiger charge is -2.21. The summed E-state index contributed by atoms with van der Waals surface area (Å²) < 4.78 is 68.6. The molecule has 0 aromatic rings. The Hall–Kier alpha value is -1.94. The minimum atomic E-state index is -4.96. The monoisotopic (exact) mass is 1450 g/mol. The van der Waals surface area contributed by atoms with E-state index in [2.05, 4.69) is 34.6 Å². The molecule has 5 atom stereocenters. The van der Waals surface area contributed by atoms with Crippen LogP contribution in [-0.4, -0.2) is 96.7 Å². The summed E-state index contributed by atoms with van der Waals surface area (Å²) in [6.45, 7) is 7.27. The van der Waals surface area contributed by atoms with Crippen molar-refractivity contribution in [3.8, 4) is 0 Å². The Kier molecular flexibility index (Phi) is 71.6. The molecule has 0 saturated carbocycles. The van der Waals surface area contributed by atoms with Gasteiger partial charge in [-0.05, 0) is 31.6 Å². The minimum absolute atomic E-state index is 0.105. The summed E-state index contributed by atoms with van der Waals surface area (Å²) in [7, 11) is -9.91. The maximum absolute atomic E-state index is 13.1. The van der Waals surface area contributed by atoms with Crippen molar-refractivity contribution in [3.05, 3.63) is 0 Å². The summed E-state index contributed by atoms with van der Waals surface area (Å²) in [6.07, 6.45) is 64.0. The van der Waals surface area contributed by atoms with Crippen molar-refractivity contribution < 1.29 is 80.2 Å². The molecular formula is C80H156O17P2. The standard InChI is InChI=1S/C80H156O17P2/c1-6-9-12-15-18-21-24-26-28-30-31-32-33-35-37-39-41-44-50-55-60-65-79(84)96-75(69-91-78(83)64-59-54-49-43-40-38-36-34-29-27-25-22-19-16-13-10-7-2)71-94-98(86,87)92-67-74(81)68-93-99(88,89)95-72-76(70-90-77(82)63-58-53-48-42-23-20-17-14-11-8-3)97-80(85)66-61-56-51-46-45-47-52-57-62-73(4)5/h73-76,81H,6-72H2,1-5H3,(H,86,87)(H,88,89)/t74-,75-,76-/m1/s1. The first-order valence-electron chi connectivity index (χ1n) is 41.6. The number of carbonyl (C=O) groups is 4. The molecule has 0 radical (unpaired) electrons. The molecule has 2 unspecified atom stereocenters. The van der Waals surface area contributed by atoms with E-state index in [0.29, 0.717) is 25.7 Å². The van der Waals surface area contributed by atoms with Gasteiger partial charge in [0.25, 0.3) is 0 Å². The van der Waals surface area contributed by atoms with Gasteiger partial charge in [0.05, 0.1) is 26.4 Å². The first-order valence-corrected chi connectivity index (χ1v) is 44.6. The molecule has 0 amide bonds. The lowest BCUT2D eigenvalue weighted by atomic mass is 10.0. The zero-order valence-electron chi connectivity index (χ0n) is 64.6. The third-order valence-corrected chi connectivity index (χ3v) is 20.7. The number of rotatable bonds is 80. The molecule has 0 saturated heterocycles. The molecule has 19 heteroatoms.